The first-order valence-corrected chi connectivity index (χ1v) is 7.37. The van der Waals surface area contributed by atoms with E-state index in [0.29, 0.717) is 12.0 Å². The maximum Gasteiger partial charge on any atom is 0.112 e. The standard InChI is InChI=1S/C12H19N3S.ClH/c13-10-1-4-15-11(7-10)8-14-12(15)9-2-5-16-6-3-9;/h8-10H,1-7,13H2;1H. The van der Waals surface area contributed by atoms with Crippen LogP contribution < -0.4 is 5.73 Å². The van der Waals surface area contributed by atoms with E-state index in [4.69, 9.17) is 5.73 Å². The summed E-state index contributed by atoms with van der Waals surface area (Å²) >= 11 is 2.08. The summed E-state index contributed by atoms with van der Waals surface area (Å²) in [5.41, 5.74) is 7.35. The van der Waals surface area contributed by atoms with Gasteiger partial charge < -0.3 is 10.3 Å². The Kier molecular flexibility index (Phi) is 4.39. The molecule has 1 unspecified atom stereocenters. The lowest BCUT2D eigenvalue weighted by molar-refractivity contribution is 0.442. The Morgan fingerprint density at radius 3 is 2.82 bits per heavy atom. The van der Waals surface area contributed by atoms with Gasteiger partial charge >= 0.3 is 0 Å². The van der Waals surface area contributed by atoms with Gasteiger partial charge in [0.2, 0.25) is 0 Å². The third kappa shape index (κ3) is 2.64. The number of imidazole rings is 1. The van der Waals surface area contributed by atoms with Crippen LogP contribution in [0.25, 0.3) is 0 Å². The SMILES string of the molecule is Cl.NC1CCn2c(cnc2C2CCSCC2)C1. The van der Waals surface area contributed by atoms with Crippen molar-refractivity contribution in [3.05, 3.63) is 17.7 Å². The molecule has 0 saturated carbocycles. The molecule has 0 amide bonds. The van der Waals surface area contributed by atoms with Crippen molar-refractivity contribution in [2.75, 3.05) is 11.5 Å². The maximum atomic E-state index is 5.99. The van der Waals surface area contributed by atoms with Crippen LogP contribution in [0.4, 0.5) is 0 Å². The fraction of sp³-hybridized carbons (Fsp3) is 0.750. The Labute approximate surface area is 113 Å². The predicted molar refractivity (Wildman–Crippen MR) is 75.1 cm³/mol. The summed E-state index contributed by atoms with van der Waals surface area (Å²) in [5.74, 6) is 4.63. The van der Waals surface area contributed by atoms with E-state index in [1.54, 1.807) is 0 Å². The van der Waals surface area contributed by atoms with Crippen LogP contribution in [0.3, 0.4) is 0 Å². The first kappa shape index (κ1) is 13.2. The smallest absolute Gasteiger partial charge is 0.112 e. The van der Waals surface area contributed by atoms with Gasteiger partial charge in [0.05, 0.1) is 0 Å². The summed E-state index contributed by atoms with van der Waals surface area (Å²) in [6.45, 7) is 1.08. The van der Waals surface area contributed by atoms with Crippen LogP contribution in [0.1, 0.15) is 36.7 Å². The van der Waals surface area contributed by atoms with Gasteiger partial charge in [-0.05, 0) is 30.8 Å². The second kappa shape index (κ2) is 5.63. The zero-order valence-electron chi connectivity index (χ0n) is 9.97. The molecule has 0 bridgehead atoms. The first-order valence-electron chi connectivity index (χ1n) is 6.22. The van der Waals surface area contributed by atoms with Crippen molar-refractivity contribution in [1.82, 2.24) is 9.55 Å². The third-order valence-corrected chi connectivity index (χ3v) is 4.80. The lowest BCUT2D eigenvalue weighted by Crippen LogP contribution is -2.31. The molecule has 17 heavy (non-hydrogen) atoms. The number of hydrogen-bond donors (Lipinski definition) is 1. The molecule has 3 rings (SSSR count). The molecule has 1 atom stereocenters. The van der Waals surface area contributed by atoms with Crippen LogP contribution in [0.2, 0.25) is 0 Å². The highest BCUT2D eigenvalue weighted by Gasteiger charge is 2.25. The zero-order valence-corrected chi connectivity index (χ0v) is 11.6. The van der Waals surface area contributed by atoms with Gasteiger partial charge in [-0.1, -0.05) is 0 Å². The first-order chi connectivity index (χ1) is 7.84. The van der Waals surface area contributed by atoms with Crippen LogP contribution in [-0.4, -0.2) is 27.1 Å². The highest BCUT2D eigenvalue weighted by molar-refractivity contribution is 7.99. The number of nitrogens with two attached hydrogens (primary N) is 1. The Morgan fingerprint density at radius 2 is 2.06 bits per heavy atom. The van der Waals surface area contributed by atoms with E-state index in [1.165, 1.54) is 35.9 Å². The van der Waals surface area contributed by atoms with Gasteiger partial charge in [0.25, 0.3) is 0 Å². The number of thioether (sulfide) groups is 1. The number of fused-ring (bicyclic) bond motifs is 1. The van der Waals surface area contributed by atoms with Crippen LogP contribution in [0, 0.1) is 0 Å². The lowest BCUT2D eigenvalue weighted by Gasteiger charge is -2.26. The topological polar surface area (TPSA) is 43.8 Å². The van der Waals surface area contributed by atoms with Crippen molar-refractivity contribution in [2.45, 2.75) is 44.2 Å². The van der Waals surface area contributed by atoms with Gasteiger partial charge in [0.15, 0.2) is 0 Å². The molecule has 2 aliphatic heterocycles. The van der Waals surface area contributed by atoms with E-state index >= 15 is 0 Å². The Hall–Kier alpha value is -0.190. The zero-order chi connectivity index (χ0) is 11.0. The molecule has 3 nitrogen and oxygen atoms in total. The van der Waals surface area contributed by atoms with Crippen LogP contribution >= 0.6 is 24.2 Å². The fourth-order valence-electron chi connectivity index (χ4n) is 2.80. The van der Waals surface area contributed by atoms with Crippen molar-refractivity contribution in [1.29, 1.82) is 0 Å². The molecule has 5 heteroatoms. The van der Waals surface area contributed by atoms with Crippen molar-refractivity contribution in [2.24, 2.45) is 5.73 Å². The van der Waals surface area contributed by atoms with Gasteiger partial charge in [-0.25, -0.2) is 4.98 Å². The quantitative estimate of drug-likeness (QED) is 0.853. The van der Waals surface area contributed by atoms with Crippen molar-refractivity contribution in [3.63, 3.8) is 0 Å². The number of hydrogen-bond acceptors (Lipinski definition) is 3. The monoisotopic (exact) mass is 273 g/mol. The predicted octanol–water partition coefficient (Wildman–Crippen LogP) is 2.19. The molecule has 1 fully saturated rings. The molecule has 2 N–H and O–H groups in total. The molecule has 0 radical (unpaired) electrons. The number of nitrogens with zero attached hydrogens (tertiary/aromatic N) is 2. The molecule has 2 aliphatic rings. The number of aromatic nitrogens is 2. The summed E-state index contributed by atoms with van der Waals surface area (Å²) in [7, 11) is 0. The fourth-order valence-corrected chi connectivity index (χ4v) is 3.90. The molecule has 1 aromatic heterocycles. The van der Waals surface area contributed by atoms with E-state index in [-0.39, 0.29) is 12.4 Å². The number of halogens is 1. The summed E-state index contributed by atoms with van der Waals surface area (Å²) in [6, 6.07) is 0.346. The second-order valence-corrected chi connectivity index (χ2v) is 6.12. The highest BCUT2D eigenvalue weighted by atomic mass is 35.5. The Balaban J connectivity index is 0.00000108. The van der Waals surface area contributed by atoms with E-state index < -0.39 is 0 Å². The maximum absolute atomic E-state index is 5.99. The summed E-state index contributed by atoms with van der Waals surface area (Å²) in [4.78, 5) is 4.65. The van der Waals surface area contributed by atoms with E-state index in [1.807, 2.05) is 0 Å². The average Bonchev–Trinajstić information content (AvgIpc) is 2.73. The van der Waals surface area contributed by atoms with E-state index in [2.05, 4.69) is 27.5 Å². The molecular weight excluding hydrogens is 254 g/mol. The minimum absolute atomic E-state index is 0. The van der Waals surface area contributed by atoms with Gasteiger partial charge in [0, 0.05) is 36.8 Å². The lowest BCUT2D eigenvalue weighted by atomic mass is 10.0. The van der Waals surface area contributed by atoms with Crippen molar-refractivity contribution >= 4 is 24.2 Å². The molecule has 96 valence electrons. The highest BCUT2D eigenvalue weighted by Crippen LogP contribution is 2.32. The van der Waals surface area contributed by atoms with Crippen molar-refractivity contribution in [3.8, 4) is 0 Å². The minimum Gasteiger partial charge on any atom is -0.332 e. The largest absolute Gasteiger partial charge is 0.332 e. The van der Waals surface area contributed by atoms with Crippen molar-refractivity contribution < 1.29 is 0 Å². The molecule has 0 spiro atoms. The van der Waals surface area contributed by atoms with Crippen LogP contribution in [0.5, 0.6) is 0 Å². The molecule has 1 saturated heterocycles. The van der Waals surface area contributed by atoms with Gasteiger partial charge in [-0.2, -0.15) is 11.8 Å². The summed E-state index contributed by atoms with van der Waals surface area (Å²) in [5, 5.41) is 0. The summed E-state index contributed by atoms with van der Waals surface area (Å²) in [6.07, 6.45) is 6.77. The third-order valence-electron chi connectivity index (χ3n) is 3.75. The van der Waals surface area contributed by atoms with Gasteiger partial charge in [0.1, 0.15) is 5.82 Å². The average molecular weight is 274 g/mol. The van der Waals surface area contributed by atoms with E-state index in [0.717, 1.165) is 19.4 Å². The van der Waals surface area contributed by atoms with Crippen LogP contribution in [0.15, 0.2) is 6.20 Å². The molecule has 3 heterocycles. The van der Waals surface area contributed by atoms with E-state index in [9.17, 15) is 0 Å². The Bertz CT molecular complexity index is 374. The minimum atomic E-state index is 0. The molecular formula is C12H20ClN3S. The normalized spacial score (nSPS) is 25.1. The van der Waals surface area contributed by atoms with Crippen LogP contribution in [-0.2, 0) is 13.0 Å². The second-order valence-electron chi connectivity index (χ2n) is 4.90. The Morgan fingerprint density at radius 1 is 1.29 bits per heavy atom. The van der Waals surface area contributed by atoms with Gasteiger partial charge in [-0.15, -0.1) is 12.4 Å². The van der Waals surface area contributed by atoms with Gasteiger partial charge in [-0.3, -0.25) is 0 Å². The summed E-state index contributed by atoms with van der Waals surface area (Å²) < 4.78 is 2.43. The molecule has 0 aliphatic carbocycles. The molecule has 0 aromatic carbocycles. The number of rotatable bonds is 1. The molecule has 1 aromatic rings.